The fourth-order valence-electron chi connectivity index (χ4n) is 3.38. The van der Waals surface area contributed by atoms with Gasteiger partial charge in [0.1, 0.15) is 16.1 Å². The van der Waals surface area contributed by atoms with Crippen LogP contribution in [0.25, 0.3) is 0 Å². The Bertz CT molecular complexity index is 749. The Morgan fingerprint density at radius 1 is 1.29 bits per heavy atom. The molecule has 1 saturated carbocycles. The number of hydrogen-bond acceptors (Lipinski definition) is 4. The van der Waals surface area contributed by atoms with Gasteiger partial charge in [-0.1, -0.05) is 25.0 Å². The number of carboxylic acid groups (broad SMARTS) is 1. The lowest BCUT2D eigenvalue weighted by Gasteiger charge is -2.42. The van der Waals surface area contributed by atoms with Crippen LogP contribution in [0.4, 0.5) is 4.39 Å². The number of nitrogens with zero attached hydrogens (tertiary/aromatic N) is 1. The third-order valence-electron chi connectivity index (χ3n) is 4.98. The molecule has 8 heteroatoms. The van der Waals surface area contributed by atoms with Gasteiger partial charge in [-0.2, -0.15) is 4.31 Å². The number of aliphatic hydroxyl groups is 1. The van der Waals surface area contributed by atoms with Crippen LogP contribution in [0.1, 0.15) is 25.7 Å². The van der Waals surface area contributed by atoms with Gasteiger partial charge in [0.2, 0.25) is 10.0 Å². The van der Waals surface area contributed by atoms with Gasteiger partial charge in [-0.25, -0.2) is 12.8 Å². The molecule has 1 saturated heterocycles. The summed E-state index contributed by atoms with van der Waals surface area (Å²) in [4.78, 5) is 11.4. The van der Waals surface area contributed by atoms with Gasteiger partial charge in [0.15, 0.2) is 0 Å². The Hall–Kier alpha value is -1.51. The molecular weight excluding hydrogens is 337 g/mol. The molecule has 0 bridgehead atoms. The lowest BCUT2D eigenvalue weighted by atomic mass is 9.74. The van der Waals surface area contributed by atoms with Crippen molar-refractivity contribution >= 4 is 16.0 Å². The summed E-state index contributed by atoms with van der Waals surface area (Å²) in [6.07, 6.45) is 0.936. The van der Waals surface area contributed by atoms with E-state index in [0.29, 0.717) is 0 Å². The van der Waals surface area contributed by atoms with E-state index in [0.717, 1.165) is 23.2 Å². The molecule has 2 aliphatic rings. The molecule has 2 N–H and O–H groups in total. The fraction of sp³-hybridized carbons (Fsp3) is 0.562. The molecular formula is C16H20FNO5S. The maximum atomic E-state index is 13.9. The molecule has 2 fully saturated rings. The lowest BCUT2D eigenvalue weighted by Crippen LogP contribution is -2.57. The Balaban J connectivity index is 1.94. The second-order valence-corrected chi connectivity index (χ2v) is 8.59. The molecule has 0 amide bonds. The minimum atomic E-state index is -4.15. The van der Waals surface area contributed by atoms with E-state index in [1.54, 1.807) is 0 Å². The molecule has 24 heavy (non-hydrogen) atoms. The first kappa shape index (κ1) is 17.3. The van der Waals surface area contributed by atoms with Crippen molar-refractivity contribution in [2.45, 2.75) is 36.7 Å². The molecule has 132 valence electrons. The zero-order chi connectivity index (χ0) is 17.5. The van der Waals surface area contributed by atoms with Crippen molar-refractivity contribution in [1.82, 2.24) is 4.31 Å². The summed E-state index contributed by atoms with van der Waals surface area (Å²) in [5.41, 5.74) is -1.53. The number of aliphatic carboxylic acids is 1. The van der Waals surface area contributed by atoms with Crippen molar-refractivity contribution in [2.75, 3.05) is 13.1 Å². The number of hydrogen-bond donors (Lipinski definition) is 2. The van der Waals surface area contributed by atoms with E-state index in [4.69, 9.17) is 0 Å². The molecule has 2 atom stereocenters. The molecule has 1 aromatic carbocycles. The number of carboxylic acids is 1. The van der Waals surface area contributed by atoms with Crippen molar-refractivity contribution in [3.05, 3.63) is 30.1 Å². The van der Waals surface area contributed by atoms with Crippen LogP contribution in [-0.4, -0.2) is 48.1 Å². The van der Waals surface area contributed by atoms with Gasteiger partial charge < -0.3 is 10.2 Å². The van der Waals surface area contributed by atoms with Gasteiger partial charge in [0.05, 0.1) is 6.10 Å². The highest BCUT2D eigenvalue weighted by Crippen LogP contribution is 2.45. The molecule has 1 aliphatic heterocycles. The highest BCUT2D eigenvalue weighted by molar-refractivity contribution is 7.89. The van der Waals surface area contributed by atoms with Crippen LogP contribution in [0, 0.1) is 17.2 Å². The number of benzene rings is 1. The van der Waals surface area contributed by atoms with Crippen LogP contribution >= 0.6 is 0 Å². The maximum Gasteiger partial charge on any atom is 0.313 e. The third kappa shape index (κ3) is 2.94. The number of aliphatic hydroxyl groups excluding tert-OH is 1. The van der Waals surface area contributed by atoms with Gasteiger partial charge in [-0.3, -0.25) is 4.79 Å². The normalized spacial score (nSPS) is 28.7. The summed E-state index contributed by atoms with van der Waals surface area (Å²) >= 11 is 0. The average molecular weight is 357 g/mol. The molecule has 0 spiro atoms. The van der Waals surface area contributed by atoms with Crippen molar-refractivity contribution in [3.8, 4) is 0 Å². The first-order valence-electron chi connectivity index (χ1n) is 7.93. The van der Waals surface area contributed by atoms with Gasteiger partial charge in [-0.05, 0) is 30.9 Å². The Labute approximate surface area is 140 Å². The van der Waals surface area contributed by atoms with E-state index in [1.807, 2.05) is 0 Å². The van der Waals surface area contributed by atoms with Crippen LogP contribution in [0.3, 0.4) is 0 Å². The fourth-order valence-corrected chi connectivity index (χ4v) is 4.96. The monoisotopic (exact) mass is 357 g/mol. The van der Waals surface area contributed by atoms with E-state index < -0.39 is 38.2 Å². The van der Waals surface area contributed by atoms with Crippen molar-refractivity contribution in [1.29, 1.82) is 0 Å². The minimum Gasteiger partial charge on any atom is -0.481 e. The van der Waals surface area contributed by atoms with E-state index in [1.165, 1.54) is 18.2 Å². The summed E-state index contributed by atoms with van der Waals surface area (Å²) in [5, 5.41) is 20.0. The Morgan fingerprint density at radius 3 is 2.54 bits per heavy atom. The molecule has 3 rings (SSSR count). The van der Waals surface area contributed by atoms with Gasteiger partial charge in [0.25, 0.3) is 0 Å². The van der Waals surface area contributed by atoms with Gasteiger partial charge in [0, 0.05) is 13.1 Å². The summed E-state index contributed by atoms with van der Waals surface area (Å²) in [6, 6.07) is 5.03. The molecule has 6 nitrogen and oxygen atoms in total. The van der Waals surface area contributed by atoms with Crippen LogP contribution < -0.4 is 0 Å². The minimum absolute atomic E-state index is 0.0205. The van der Waals surface area contributed by atoms with E-state index >= 15 is 0 Å². The predicted octanol–water partition coefficient (Wildman–Crippen LogP) is 1.45. The Morgan fingerprint density at radius 2 is 1.96 bits per heavy atom. The lowest BCUT2D eigenvalue weighted by molar-refractivity contribution is -0.162. The molecule has 1 unspecified atom stereocenters. The summed E-state index contributed by atoms with van der Waals surface area (Å²) in [7, 11) is -4.15. The quantitative estimate of drug-likeness (QED) is 0.832. The molecule has 0 radical (unpaired) electrons. The van der Waals surface area contributed by atoms with Crippen LogP contribution in [0.5, 0.6) is 0 Å². The third-order valence-corrected chi connectivity index (χ3v) is 6.86. The SMILES string of the molecule is O=C(O)[C@@]1(CC2CC2)CN(S(=O)(=O)c2ccccc2F)CCC1O. The second-order valence-electron chi connectivity index (χ2n) is 6.68. The zero-order valence-electron chi connectivity index (χ0n) is 13.1. The summed E-state index contributed by atoms with van der Waals surface area (Å²) in [6.45, 7) is -0.367. The highest BCUT2D eigenvalue weighted by Gasteiger charge is 2.53. The second kappa shape index (κ2) is 6.09. The highest BCUT2D eigenvalue weighted by atomic mass is 32.2. The van der Waals surface area contributed by atoms with E-state index in [2.05, 4.69) is 0 Å². The molecule has 1 aromatic rings. The first-order valence-corrected chi connectivity index (χ1v) is 9.37. The van der Waals surface area contributed by atoms with Crippen molar-refractivity contribution < 1.29 is 27.8 Å². The predicted molar refractivity (Wildman–Crippen MR) is 83.2 cm³/mol. The van der Waals surface area contributed by atoms with Crippen molar-refractivity contribution in [3.63, 3.8) is 0 Å². The summed E-state index contributed by atoms with van der Waals surface area (Å²) < 4.78 is 40.4. The van der Waals surface area contributed by atoms with E-state index in [-0.39, 0.29) is 31.8 Å². The largest absolute Gasteiger partial charge is 0.481 e. The number of carbonyl (C=O) groups is 1. The number of sulfonamides is 1. The number of halogens is 1. The average Bonchev–Trinajstić information content (AvgIpc) is 3.33. The summed E-state index contributed by atoms with van der Waals surface area (Å²) in [5.74, 6) is -1.87. The zero-order valence-corrected chi connectivity index (χ0v) is 13.9. The van der Waals surface area contributed by atoms with Crippen LogP contribution in [0.15, 0.2) is 29.2 Å². The molecule has 1 aliphatic carbocycles. The van der Waals surface area contributed by atoms with Crippen LogP contribution in [-0.2, 0) is 14.8 Å². The Kier molecular flexibility index (Phi) is 4.39. The van der Waals surface area contributed by atoms with Gasteiger partial charge >= 0.3 is 5.97 Å². The van der Waals surface area contributed by atoms with E-state index in [9.17, 15) is 27.8 Å². The standard InChI is InChI=1S/C16H20FNO5S/c17-12-3-1-2-4-13(12)24(22,23)18-8-7-14(19)16(10-18,15(20)21)9-11-5-6-11/h1-4,11,14,19H,5-10H2,(H,20,21)/t14?,16-/m0/s1. The molecule has 1 heterocycles. The topological polar surface area (TPSA) is 94.9 Å². The number of piperidine rings is 1. The maximum absolute atomic E-state index is 13.9. The molecule has 0 aromatic heterocycles. The first-order chi connectivity index (χ1) is 11.3. The van der Waals surface area contributed by atoms with Gasteiger partial charge in [-0.15, -0.1) is 0 Å². The van der Waals surface area contributed by atoms with Crippen molar-refractivity contribution in [2.24, 2.45) is 11.3 Å². The number of rotatable bonds is 5. The smallest absolute Gasteiger partial charge is 0.313 e. The van der Waals surface area contributed by atoms with Crippen LogP contribution in [0.2, 0.25) is 0 Å².